The van der Waals surface area contributed by atoms with Gasteiger partial charge in [0.2, 0.25) is 0 Å². The lowest BCUT2D eigenvalue weighted by Gasteiger charge is -2.36. The molecule has 0 bridgehead atoms. The van der Waals surface area contributed by atoms with E-state index in [1.54, 1.807) is 17.0 Å². The van der Waals surface area contributed by atoms with E-state index in [1.807, 2.05) is 0 Å². The third-order valence-corrected chi connectivity index (χ3v) is 4.35. The Labute approximate surface area is 127 Å². The van der Waals surface area contributed by atoms with Crippen LogP contribution < -0.4 is 15.8 Å². The average Bonchev–Trinajstić information content (AvgIpc) is 2.50. The second kappa shape index (κ2) is 7.59. The Morgan fingerprint density at radius 2 is 2.29 bits per heavy atom. The number of hydrogen-bond acceptors (Lipinski definition) is 4. The van der Waals surface area contributed by atoms with Crippen molar-refractivity contribution in [2.75, 3.05) is 24.5 Å². The molecule has 2 heterocycles. The van der Waals surface area contributed by atoms with E-state index < -0.39 is 0 Å². The van der Waals surface area contributed by atoms with Crippen molar-refractivity contribution in [3.63, 3.8) is 0 Å². The van der Waals surface area contributed by atoms with Crippen molar-refractivity contribution in [3.8, 4) is 0 Å². The van der Waals surface area contributed by atoms with Gasteiger partial charge in [-0.3, -0.25) is 4.79 Å². The lowest BCUT2D eigenvalue weighted by Crippen LogP contribution is -2.46. The number of aryl methyl sites for hydroxylation is 1. The Hall–Kier alpha value is -1.36. The molecular weight excluding hydrogens is 264 g/mol. The molecule has 1 aromatic rings. The van der Waals surface area contributed by atoms with Crippen molar-refractivity contribution in [1.29, 1.82) is 0 Å². The van der Waals surface area contributed by atoms with E-state index in [0.29, 0.717) is 17.8 Å². The highest BCUT2D eigenvalue weighted by Crippen LogP contribution is 2.22. The number of rotatable bonds is 6. The molecule has 0 saturated carbocycles. The van der Waals surface area contributed by atoms with Gasteiger partial charge in [-0.2, -0.15) is 0 Å². The highest BCUT2D eigenvalue weighted by molar-refractivity contribution is 5.36. The molecule has 2 rings (SSSR count). The highest BCUT2D eigenvalue weighted by atomic mass is 16.1. The molecule has 0 aliphatic carbocycles. The summed E-state index contributed by atoms with van der Waals surface area (Å²) in [5, 5.41) is 3.50. The molecule has 5 nitrogen and oxygen atoms in total. The van der Waals surface area contributed by atoms with Gasteiger partial charge in [-0.05, 0) is 38.6 Å². The molecule has 2 unspecified atom stereocenters. The summed E-state index contributed by atoms with van der Waals surface area (Å²) in [6.45, 7) is 10.1. The van der Waals surface area contributed by atoms with E-state index in [2.05, 4.69) is 36.0 Å². The summed E-state index contributed by atoms with van der Waals surface area (Å²) in [5.74, 6) is 1.21. The molecule has 1 N–H and O–H groups in total. The summed E-state index contributed by atoms with van der Waals surface area (Å²) < 4.78 is 1.78. The molecule has 0 aromatic carbocycles. The first-order valence-electron chi connectivity index (χ1n) is 8.21. The normalized spacial score (nSPS) is 20.5. The third kappa shape index (κ3) is 3.84. The van der Waals surface area contributed by atoms with Crippen LogP contribution in [0.4, 0.5) is 5.82 Å². The molecule has 1 aliphatic heterocycles. The van der Waals surface area contributed by atoms with Gasteiger partial charge < -0.3 is 14.8 Å². The first-order valence-corrected chi connectivity index (χ1v) is 8.21. The largest absolute Gasteiger partial charge is 0.352 e. The van der Waals surface area contributed by atoms with E-state index in [-0.39, 0.29) is 5.56 Å². The molecule has 118 valence electrons. The van der Waals surface area contributed by atoms with Gasteiger partial charge in [0.1, 0.15) is 0 Å². The molecule has 2 atom stereocenters. The number of piperidine rings is 1. The molecule has 0 spiro atoms. The van der Waals surface area contributed by atoms with E-state index >= 15 is 0 Å². The molecule has 0 amide bonds. The van der Waals surface area contributed by atoms with E-state index in [1.165, 1.54) is 6.42 Å². The number of aromatic nitrogens is 2. The predicted octanol–water partition coefficient (Wildman–Crippen LogP) is 1.87. The maximum atomic E-state index is 12.5. The van der Waals surface area contributed by atoms with Crippen LogP contribution in [0.3, 0.4) is 0 Å². The molecule has 5 heteroatoms. The Kier molecular flexibility index (Phi) is 5.79. The van der Waals surface area contributed by atoms with Gasteiger partial charge in [0.05, 0.1) is 0 Å². The molecule has 1 aliphatic rings. The van der Waals surface area contributed by atoms with Crippen LogP contribution in [0.15, 0.2) is 17.2 Å². The lowest BCUT2D eigenvalue weighted by molar-refractivity contribution is 0.322. The van der Waals surface area contributed by atoms with Crippen LogP contribution in [0.1, 0.15) is 40.0 Å². The molecule has 21 heavy (non-hydrogen) atoms. The van der Waals surface area contributed by atoms with Gasteiger partial charge in [0, 0.05) is 38.1 Å². The van der Waals surface area contributed by atoms with Gasteiger partial charge in [-0.1, -0.05) is 13.8 Å². The Bertz CT molecular complexity index is 499. The van der Waals surface area contributed by atoms with Crippen molar-refractivity contribution in [2.45, 2.75) is 52.6 Å². The fourth-order valence-corrected chi connectivity index (χ4v) is 3.17. The van der Waals surface area contributed by atoms with Crippen LogP contribution in [0.25, 0.3) is 0 Å². The maximum Gasteiger partial charge on any atom is 0.293 e. The van der Waals surface area contributed by atoms with Gasteiger partial charge in [-0.15, -0.1) is 0 Å². The second-order valence-electron chi connectivity index (χ2n) is 5.94. The first kappa shape index (κ1) is 16.0. The van der Waals surface area contributed by atoms with Crippen molar-refractivity contribution in [1.82, 2.24) is 14.9 Å². The Morgan fingerprint density at radius 3 is 3.00 bits per heavy atom. The summed E-state index contributed by atoms with van der Waals surface area (Å²) in [6.07, 6.45) is 6.86. The van der Waals surface area contributed by atoms with Crippen LogP contribution in [0, 0.1) is 5.92 Å². The number of anilines is 1. The second-order valence-corrected chi connectivity index (χ2v) is 5.94. The van der Waals surface area contributed by atoms with Crippen LogP contribution in [-0.4, -0.2) is 35.2 Å². The average molecular weight is 292 g/mol. The standard InChI is InChI=1S/C16H28N4O/c1-4-9-19-11-8-18-15(16(19)21)20-10-6-7-14(12-20)13(3)17-5-2/h8,11,13-14,17H,4-7,9-10,12H2,1-3H3. The van der Waals surface area contributed by atoms with Crippen LogP contribution in [-0.2, 0) is 6.54 Å². The summed E-state index contributed by atoms with van der Waals surface area (Å²) >= 11 is 0. The molecule has 1 saturated heterocycles. The number of nitrogens with zero attached hydrogens (tertiary/aromatic N) is 3. The predicted molar refractivity (Wildman–Crippen MR) is 86.9 cm³/mol. The zero-order chi connectivity index (χ0) is 15.2. The molecule has 1 aromatic heterocycles. The lowest BCUT2D eigenvalue weighted by atomic mass is 9.91. The monoisotopic (exact) mass is 292 g/mol. The van der Waals surface area contributed by atoms with Gasteiger partial charge >= 0.3 is 0 Å². The molecule has 0 radical (unpaired) electrons. The smallest absolute Gasteiger partial charge is 0.293 e. The Balaban J connectivity index is 2.14. The van der Waals surface area contributed by atoms with E-state index in [9.17, 15) is 4.79 Å². The van der Waals surface area contributed by atoms with Gasteiger partial charge in [-0.25, -0.2) is 4.98 Å². The molecule has 1 fully saturated rings. The zero-order valence-corrected chi connectivity index (χ0v) is 13.5. The molecular formula is C16H28N4O. The topological polar surface area (TPSA) is 50.2 Å². The van der Waals surface area contributed by atoms with Crippen molar-refractivity contribution < 1.29 is 0 Å². The van der Waals surface area contributed by atoms with Crippen molar-refractivity contribution in [3.05, 3.63) is 22.7 Å². The summed E-state index contributed by atoms with van der Waals surface area (Å²) in [5.41, 5.74) is 0.0519. The van der Waals surface area contributed by atoms with Crippen molar-refractivity contribution >= 4 is 5.82 Å². The maximum absolute atomic E-state index is 12.5. The fourth-order valence-electron chi connectivity index (χ4n) is 3.17. The minimum absolute atomic E-state index is 0.0519. The Morgan fingerprint density at radius 1 is 1.48 bits per heavy atom. The SMILES string of the molecule is CCCn1ccnc(N2CCCC(C(C)NCC)C2)c1=O. The fraction of sp³-hybridized carbons (Fsp3) is 0.750. The summed E-state index contributed by atoms with van der Waals surface area (Å²) in [6, 6.07) is 0.486. The summed E-state index contributed by atoms with van der Waals surface area (Å²) in [7, 11) is 0. The summed E-state index contributed by atoms with van der Waals surface area (Å²) in [4.78, 5) is 19.0. The quantitative estimate of drug-likeness (QED) is 0.869. The van der Waals surface area contributed by atoms with E-state index in [4.69, 9.17) is 0 Å². The van der Waals surface area contributed by atoms with E-state index in [0.717, 1.165) is 39.0 Å². The van der Waals surface area contributed by atoms with Crippen LogP contribution in [0.2, 0.25) is 0 Å². The highest BCUT2D eigenvalue weighted by Gasteiger charge is 2.26. The van der Waals surface area contributed by atoms with Crippen LogP contribution in [0.5, 0.6) is 0 Å². The minimum Gasteiger partial charge on any atom is -0.352 e. The number of hydrogen-bond donors (Lipinski definition) is 1. The first-order chi connectivity index (χ1) is 10.2. The van der Waals surface area contributed by atoms with Gasteiger partial charge in [0.25, 0.3) is 5.56 Å². The van der Waals surface area contributed by atoms with Crippen LogP contribution >= 0.6 is 0 Å². The van der Waals surface area contributed by atoms with Crippen molar-refractivity contribution in [2.24, 2.45) is 5.92 Å². The zero-order valence-electron chi connectivity index (χ0n) is 13.5. The minimum atomic E-state index is 0.0519. The third-order valence-electron chi connectivity index (χ3n) is 4.35. The van der Waals surface area contributed by atoms with Gasteiger partial charge in [0.15, 0.2) is 5.82 Å². The number of nitrogens with one attached hydrogen (secondary N) is 1.